The monoisotopic (exact) mass is 386 g/mol. The van der Waals surface area contributed by atoms with Crippen molar-refractivity contribution in [3.05, 3.63) is 35.6 Å². The maximum absolute atomic E-state index is 13.0. The van der Waals surface area contributed by atoms with Crippen LogP contribution in [-0.4, -0.2) is 0 Å². The van der Waals surface area contributed by atoms with Crippen LogP contribution in [0, 0.1) is 29.5 Å². The molecule has 2 fully saturated rings. The van der Waals surface area contributed by atoms with Crippen LogP contribution in [0.5, 0.6) is 0 Å². The van der Waals surface area contributed by atoms with E-state index in [-0.39, 0.29) is 5.82 Å². The molecule has 0 aliphatic heterocycles. The van der Waals surface area contributed by atoms with Crippen LogP contribution >= 0.6 is 0 Å². The van der Waals surface area contributed by atoms with Gasteiger partial charge in [0.15, 0.2) is 0 Å². The van der Waals surface area contributed by atoms with Gasteiger partial charge in [0.25, 0.3) is 0 Å². The zero-order valence-electron chi connectivity index (χ0n) is 18.3. The molecule has 0 bridgehead atoms. The van der Waals surface area contributed by atoms with Gasteiger partial charge in [-0.1, -0.05) is 83.3 Å². The smallest absolute Gasteiger partial charge is 0.123 e. The number of unbranched alkanes of at least 4 members (excludes halogenated alkanes) is 4. The predicted octanol–water partition coefficient (Wildman–Crippen LogP) is 8.73. The molecule has 0 nitrogen and oxygen atoms in total. The van der Waals surface area contributed by atoms with Gasteiger partial charge in [-0.2, -0.15) is 0 Å². The highest BCUT2D eigenvalue weighted by atomic mass is 19.1. The number of halogens is 1. The first-order valence-electron chi connectivity index (χ1n) is 12.5. The highest BCUT2D eigenvalue weighted by Gasteiger charge is 2.30. The largest absolute Gasteiger partial charge is 0.207 e. The van der Waals surface area contributed by atoms with E-state index in [9.17, 15) is 4.39 Å². The third-order valence-electron chi connectivity index (χ3n) is 7.92. The Labute approximate surface area is 173 Å². The number of hydrogen-bond donors (Lipinski definition) is 0. The Balaban J connectivity index is 1.27. The Morgan fingerprint density at radius 1 is 0.679 bits per heavy atom. The summed E-state index contributed by atoms with van der Waals surface area (Å²) in [4.78, 5) is 0. The Bertz CT molecular complexity index is 518. The molecular formula is C27H43F. The molecule has 0 unspecified atom stereocenters. The Kier molecular flexibility index (Phi) is 9.35. The molecule has 1 heteroatoms. The van der Waals surface area contributed by atoms with Crippen LogP contribution in [0.4, 0.5) is 4.39 Å². The van der Waals surface area contributed by atoms with Gasteiger partial charge in [0, 0.05) is 0 Å². The second kappa shape index (κ2) is 12.0. The van der Waals surface area contributed by atoms with Crippen LogP contribution in [0.2, 0.25) is 0 Å². The molecule has 0 N–H and O–H groups in total. The van der Waals surface area contributed by atoms with Gasteiger partial charge >= 0.3 is 0 Å². The van der Waals surface area contributed by atoms with Gasteiger partial charge in [-0.25, -0.2) is 4.39 Å². The summed E-state index contributed by atoms with van der Waals surface area (Å²) in [5.41, 5.74) is 1.30. The van der Waals surface area contributed by atoms with Gasteiger partial charge in [0.2, 0.25) is 0 Å². The van der Waals surface area contributed by atoms with E-state index >= 15 is 0 Å². The number of hydrogen-bond acceptors (Lipinski definition) is 0. The molecule has 0 radical (unpaired) electrons. The lowest BCUT2D eigenvalue weighted by Crippen LogP contribution is -2.26. The van der Waals surface area contributed by atoms with Crippen molar-refractivity contribution in [1.29, 1.82) is 0 Å². The summed E-state index contributed by atoms with van der Waals surface area (Å²) < 4.78 is 13.0. The summed E-state index contributed by atoms with van der Waals surface area (Å²) in [5.74, 6) is 3.89. The molecule has 2 aliphatic rings. The van der Waals surface area contributed by atoms with E-state index in [1.165, 1.54) is 102 Å². The van der Waals surface area contributed by atoms with Crippen LogP contribution in [0.3, 0.4) is 0 Å². The maximum Gasteiger partial charge on any atom is 0.123 e. The highest BCUT2D eigenvalue weighted by molar-refractivity contribution is 5.16. The van der Waals surface area contributed by atoms with Crippen LogP contribution in [0.15, 0.2) is 24.3 Å². The zero-order valence-corrected chi connectivity index (χ0v) is 18.3. The molecule has 158 valence electrons. The second-order valence-electron chi connectivity index (χ2n) is 9.93. The van der Waals surface area contributed by atoms with Crippen molar-refractivity contribution >= 4 is 0 Å². The number of benzene rings is 1. The van der Waals surface area contributed by atoms with Crippen molar-refractivity contribution in [2.24, 2.45) is 23.7 Å². The van der Waals surface area contributed by atoms with Crippen molar-refractivity contribution in [2.45, 2.75) is 110 Å². The van der Waals surface area contributed by atoms with Gasteiger partial charge in [-0.15, -0.1) is 0 Å². The third-order valence-corrected chi connectivity index (χ3v) is 7.92. The molecule has 0 saturated heterocycles. The van der Waals surface area contributed by atoms with Crippen LogP contribution in [0.1, 0.15) is 109 Å². The van der Waals surface area contributed by atoms with Crippen molar-refractivity contribution in [3.63, 3.8) is 0 Å². The lowest BCUT2D eigenvalue weighted by molar-refractivity contribution is 0.140. The number of rotatable bonds is 10. The lowest BCUT2D eigenvalue weighted by Gasteiger charge is -2.38. The van der Waals surface area contributed by atoms with Gasteiger partial charge in [-0.05, 0) is 79.9 Å². The van der Waals surface area contributed by atoms with Crippen molar-refractivity contribution in [3.8, 4) is 0 Å². The van der Waals surface area contributed by atoms with Crippen LogP contribution in [-0.2, 0) is 6.42 Å². The van der Waals surface area contributed by atoms with Crippen molar-refractivity contribution in [1.82, 2.24) is 0 Å². The van der Waals surface area contributed by atoms with E-state index in [4.69, 9.17) is 0 Å². The minimum Gasteiger partial charge on any atom is -0.207 e. The first-order valence-corrected chi connectivity index (χ1v) is 12.5. The molecule has 3 rings (SSSR count). The standard InChI is InChI=1S/C27H43F/c1-2-3-4-5-6-7-22-10-16-25(17-11-22)26-18-12-23(13-19-26)8-9-24-14-20-27(28)21-15-24/h14-15,20-23,25-26H,2-13,16-19H2,1H3. The fraction of sp³-hybridized carbons (Fsp3) is 0.778. The third kappa shape index (κ3) is 7.20. The number of aryl methyl sites for hydroxylation is 1. The normalized spacial score (nSPS) is 28.4. The van der Waals surface area contributed by atoms with E-state index in [2.05, 4.69) is 6.92 Å². The summed E-state index contributed by atoms with van der Waals surface area (Å²) in [5, 5.41) is 0. The van der Waals surface area contributed by atoms with Crippen LogP contribution in [0.25, 0.3) is 0 Å². The first-order chi connectivity index (χ1) is 13.7. The summed E-state index contributed by atoms with van der Waals surface area (Å²) in [6.07, 6.45) is 23.0. The summed E-state index contributed by atoms with van der Waals surface area (Å²) in [6, 6.07) is 7.13. The van der Waals surface area contributed by atoms with Crippen molar-refractivity contribution in [2.75, 3.05) is 0 Å². The molecular weight excluding hydrogens is 343 g/mol. The molecule has 0 heterocycles. The highest BCUT2D eigenvalue weighted by Crippen LogP contribution is 2.43. The van der Waals surface area contributed by atoms with Crippen molar-refractivity contribution < 1.29 is 4.39 Å². The van der Waals surface area contributed by atoms with Gasteiger partial charge in [-0.3, -0.25) is 0 Å². The molecule has 28 heavy (non-hydrogen) atoms. The molecule has 2 aliphatic carbocycles. The Morgan fingerprint density at radius 2 is 1.21 bits per heavy atom. The summed E-state index contributed by atoms with van der Waals surface area (Å²) in [7, 11) is 0. The van der Waals surface area contributed by atoms with Gasteiger partial charge in [0.05, 0.1) is 0 Å². The zero-order chi connectivity index (χ0) is 19.6. The molecule has 0 amide bonds. The van der Waals surface area contributed by atoms with Crippen LogP contribution < -0.4 is 0 Å². The average Bonchev–Trinajstić information content (AvgIpc) is 2.74. The molecule has 0 atom stereocenters. The second-order valence-corrected chi connectivity index (χ2v) is 9.93. The van der Waals surface area contributed by atoms with E-state index in [0.717, 1.165) is 30.1 Å². The first kappa shape index (κ1) is 21.8. The molecule has 0 aromatic heterocycles. The molecule has 0 spiro atoms. The maximum atomic E-state index is 13.0. The fourth-order valence-electron chi connectivity index (χ4n) is 5.96. The molecule has 1 aromatic carbocycles. The SMILES string of the molecule is CCCCCCCC1CCC(C2CCC(CCc3ccc(F)cc3)CC2)CC1. The van der Waals surface area contributed by atoms with Gasteiger partial charge in [0.1, 0.15) is 5.82 Å². The summed E-state index contributed by atoms with van der Waals surface area (Å²) >= 11 is 0. The molecule has 2 saturated carbocycles. The fourth-order valence-corrected chi connectivity index (χ4v) is 5.96. The topological polar surface area (TPSA) is 0 Å². The minimum atomic E-state index is -0.115. The minimum absolute atomic E-state index is 0.115. The van der Waals surface area contributed by atoms with E-state index < -0.39 is 0 Å². The summed E-state index contributed by atoms with van der Waals surface area (Å²) in [6.45, 7) is 2.31. The predicted molar refractivity (Wildman–Crippen MR) is 119 cm³/mol. The quantitative estimate of drug-likeness (QED) is 0.353. The van der Waals surface area contributed by atoms with E-state index in [0.29, 0.717) is 0 Å². The Hall–Kier alpha value is -0.850. The lowest BCUT2D eigenvalue weighted by atomic mass is 9.68. The Morgan fingerprint density at radius 3 is 1.79 bits per heavy atom. The van der Waals surface area contributed by atoms with E-state index in [1.807, 2.05) is 12.1 Å². The van der Waals surface area contributed by atoms with Gasteiger partial charge < -0.3 is 0 Å². The average molecular weight is 387 g/mol. The molecule has 1 aromatic rings. The van der Waals surface area contributed by atoms with E-state index in [1.54, 1.807) is 12.1 Å².